The predicted octanol–water partition coefficient (Wildman–Crippen LogP) is 3.92. The Labute approximate surface area is 126 Å². The molecule has 0 aromatic heterocycles. The van der Waals surface area contributed by atoms with Crippen molar-refractivity contribution >= 4 is 21.8 Å². The van der Waals surface area contributed by atoms with Gasteiger partial charge in [-0.3, -0.25) is 5.41 Å². The van der Waals surface area contributed by atoms with Crippen LogP contribution in [0.3, 0.4) is 0 Å². The highest BCUT2D eigenvalue weighted by Crippen LogP contribution is 2.28. The Balaban J connectivity index is 2.23. The normalized spacial score (nSPS) is 10.1. The molecular formula is C15H15BrN2O2. The molecule has 0 bridgehead atoms. The molecule has 0 heterocycles. The van der Waals surface area contributed by atoms with E-state index in [1.54, 1.807) is 12.1 Å². The smallest absolute Gasteiger partial charge is 0.138 e. The highest BCUT2D eigenvalue weighted by molar-refractivity contribution is 9.10. The molecule has 0 fully saturated rings. The highest BCUT2D eigenvalue weighted by atomic mass is 79.9. The SMILES string of the molecule is CCOc1ccc(Oc2ccc(Br)cc2C(=N)N)cc1. The van der Waals surface area contributed by atoms with E-state index in [9.17, 15) is 0 Å². The van der Waals surface area contributed by atoms with Crippen LogP contribution in [0.5, 0.6) is 17.2 Å². The van der Waals surface area contributed by atoms with Gasteiger partial charge in [-0.15, -0.1) is 0 Å². The van der Waals surface area contributed by atoms with Crippen LogP contribution in [-0.4, -0.2) is 12.4 Å². The molecule has 2 aromatic rings. The summed E-state index contributed by atoms with van der Waals surface area (Å²) >= 11 is 3.35. The Bertz CT molecular complexity index is 612. The van der Waals surface area contributed by atoms with E-state index >= 15 is 0 Å². The number of amidine groups is 1. The molecular weight excluding hydrogens is 320 g/mol. The lowest BCUT2D eigenvalue weighted by atomic mass is 10.2. The van der Waals surface area contributed by atoms with Gasteiger partial charge in [-0.2, -0.15) is 0 Å². The van der Waals surface area contributed by atoms with Gasteiger partial charge in [0.1, 0.15) is 23.1 Å². The van der Waals surface area contributed by atoms with Gasteiger partial charge in [0.25, 0.3) is 0 Å². The maximum absolute atomic E-state index is 7.58. The fraction of sp³-hybridized carbons (Fsp3) is 0.133. The van der Waals surface area contributed by atoms with Gasteiger partial charge in [0.15, 0.2) is 0 Å². The zero-order valence-corrected chi connectivity index (χ0v) is 12.6. The summed E-state index contributed by atoms with van der Waals surface area (Å²) in [6, 6.07) is 12.7. The number of nitrogen functional groups attached to an aromatic ring is 1. The Morgan fingerprint density at radius 2 is 1.80 bits per heavy atom. The topological polar surface area (TPSA) is 68.3 Å². The number of benzene rings is 2. The van der Waals surface area contributed by atoms with Crippen LogP contribution in [0.2, 0.25) is 0 Å². The largest absolute Gasteiger partial charge is 0.494 e. The van der Waals surface area contributed by atoms with Gasteiger partial charge in [-0.05, 0) is 49.4 Å². The molecule has 0 aliphatic heterocycles. The number of halogens is 1. The van der Waals surface area contributed by atoms with Crippen LogP contribution in [0.15, 0.2) is 46.9 Å². The van der Waals surface area contributed by atoms with E-state index < -0.39 is 0 Å². The molecule has 4 nitrogen and oxygen atoms in total. The Kier molecular flexibility index (Phi) is 4.63. The van der Waals surface area contributed by atoms with E-state index in [4.69, 9.17) is 20.6 Å². The van der Waals surface area contributed by atoms with Crippen molar-refractivity contribution in [3.63, 3.8) is 0 Å². The standard InChI is InChI=1S/C15H15BrN2O2/c1-2-19-11-4-6-12(7-5-11)20-14-8-3-10(16)9-13(14)15(17)18/h3-9H,2H2,1H3,(H3,17,18). The monoisotopic (exact) mass is 334 g/mol. The van der Waals surface area contributed by atoms with Crippen LogP contribution >= 0.6 is 15.9 Å². The highest BCUT2D eigenvalue weighted by Gasteiger charge is 2.08. The van der Waals surface area contributed by atoms with Crippen molar-refractivity contribution in [2.45, 2.75) is 6.92 Å². The molecule has 0 aliphatic carbocycles. The van der Waals surface area contributed by atoms with Gasteiger partial charge in [-0.25, -0.2) is 0 Å². The van der Waals surface area contributed by atoms with Crippen LogP contribution in [0.25, 0.3) is 0 Å². The zero-order chi connectivity index (χ0) is 14.5. The second-order valence-corrected chi connectivity index (χ2v) is 4.98. The van der Waals surface area contributed by atoms with E-state index in [0.29, 0.717) is 23.7 Å². The number of hydrogen-bond donors (Lipinski definition) is 2. The molecule has 5 heteroatoms. The Morgan fingerprint density at radius 1 is 1.15 bits per heavy atom. The quantitative estimate of drug-likeness (QED) is 0.643. The number of rotatable bonds is 5. The zero-order valence-electron chi connectivity index (χ0n) is 11.0. The molecule has 0 aliphatic rings. The van der Waals surface area contributed by atoms with E-state index in [1.165, 1.54) is 0 Å². The van der Waals surface area contributed by atoms with Crippen molar-refractivity contribution < 1.29 is 9.47 Å². The number of ether oxygens (including phenoxy) is 2. The predicted molar refractivity (Wildman–Crippen MR) is 82.8 cm³/mol. The van der Waals surface area contributed by atoms with Gasteiger partial charge < -0.3 is 15.2 Å². The summed E-state index contributed by atoms with van der Waals surface area (Å²) in [5, 5.41) is 7.58. The third kappa shape index (κ3) is 3.51. The van der Waals surface area contributed by atoms with Crippen molar-refractivity contribution in [2.75, 3.05) is 6.61 Å². The maximum Gasteiger partial charge on any atom is 0.138 e. The van der Waals surface area contributed by atoms with Gasteiger partial charge in [0.2, 0.25) is 0 Å². The van der Waals surface area contributed by atoms with E-state index in [2.05, 4.69) is 15.9 Å². The van der Waals surface area contributed by atoms with Crippen LogP contribution < -0.4 is 15.2 Å². The van der Waals surface area contributed by atoms with Gasteiger partial charge in [0.05, 0.1) is 12.2 Å². The fourth-order valence-electron chi connectivity index (χ4n) is 1.70. The van der Waals surface area contributed by atoms with Crippen LogP contribution in [0.4, 0.5) is 0 Å². The van der Waals surface area contributed by atoms with Gasteiger partial charge in [0, 0.05) is 4.47 Å². The first kappa shape index (κ1) is 14.4. The maximum atomic E-state index is 7.58. The van der Waals surface area contributed by atoms with Crippen molar-refractivity contribution in [2.24, 2.45) is 5.73 Å². The van der Waals surface area contributed by atoms with E-state index in [-0.39, 0.29) is 5.84 Å². The van der Waals surface area contributed by atoms with E-state index in [0.717, 1.165) is 10.2 Å². The summed E-state index contributed by atoms with van der Waals surface area (Å²) in [6.45, 7) is 2.56. The fourth-order valence-corrected chi connectivity index (χ4v) is 2.06. The lowest BCUT2D eigenvalue weighted by molar-refractivity contribution is 0.339. The van der Waals surface area contributed by atoms with Gasteiger partial charge in [-0.1, -0.05) is 15.9 Å². The second-order valence-electron chi connectivity index (χ2n) is 4.06. The summed E-state index contributed by atoms with van der Waals surface area (Å²) < 4.78 is 12.0. The molecule has 2 rings (SSSR count). The van der Waals surface area contributed by atoms with Crippen molar-refractivity contribution in [3.8, 4) is 17.2 Å². The lowest BCUT2D eigenvalue weighted by Crippen LogP contribution is -2.12. The molecule has 0 unspecified atom stereocenters. The number of nitrogens with two attached hydrogens (primary N) is 1. The van der Waals surface area contributed by atoms with E-state index in [1.807, 2.05) is 37.3 Å². The van der Waals surface area contributed by atoms with Crippen LogP contribution in [-0.2, 0) is 0 Å². The van der Waals surface area contributed by atoms with Crippen LogP contribution in [0, 0.1) is 5.41 Å². The molecule has 0 amide bonds. The molecule has 0 atom stereocenters. The number of nitrogens with one attached hydrogen (secondary N) is 1. The minimum absolute atomic E-state index is 0.0350. The molecule has 3 N–H and O–H groups in total. The molecule has 0 radical (unpaired) electrons. The first-order valence-corrected chi connectivity index (χ1v) is 6.94. The molecule has 104 valence electrons. The molecule has 20 heavy (non-hydrogen) atoms. The summed E-state index contributed by atoms with van der Waals surface area (Å²) in [6.07, 6.45) is 0. The lowest BCUT2D eigenvalue weighted by Gasteiger charge is -2.11. The Morgan fingerprint density at radius 3 is 2.40 bits per heavy atom. The molecule has 0 saturated carbocycles. The third-order valence-electron chi connectivity index (χ3n) is 2.59. The first-order chi connectivity index (χ1) is 9.60. The molecule has 2 aromatic carbocycles. The van der Waals surface area contributed by atoms with Gasteiger partial charge >= 0.3 is 0 Å². The summed E-state index contributed by atoms with van der Waals surface area (Å²) in [7, 11) is 0. The molecule has 0 saturated heterocycles. The summed E-state index contributed by atoms with van der Waals surface area (Å²) in [4.78, 5) is 0. The minimum atomic E-state index is -0.0350. The Hall–Kier alpha value is -2.01. The first-order valence-electron chi connectivity index (χ1n) is 6.15. The van der Waals surface area contributed by atoms with Crippen molar-refractivity contribution in [1.29, 1.82) is 5.41 Å². The van der Waals surface area contributed by atoms with Crippen LogP contribution in [0.1, 0.15) is 12.5 Å². The third-order valence-corrected chi connectivity index (χ3v) is 3.09. The molecule has 0 spiro atoms. The number of hydrogen-bond acceptors (Lipinski definition) is 3. The second kappa shape index (κ2) is 6.43. The average molecular weight is 335 g/mol. The summed E-state index contributed by atoms with van der Waals surface area (Å²) in [5.41, 5.74) is 6.11. The summed E-state index contributed by atoms with van der Waals surface area (Å²) in [5.74, 6) is 1.97. The minimum Gasteiger partial charge on any atom is -0.494 e. The van der Waals surface area contributed by atoms with Crippen molar-refractivity contribution in [1.82, 2.24) is 0 Å². The van der Waals surface area contributed by atoms with Crippen molar-refractivity contribution in [3.05, 3.63) is 52.5 Å². The average Bonchev–Trinajstić information content (AvgIpc) is 2.43.